The van der Waals surface area contributed by atoms with Crippen LogP contribution >= 0.6 is 27.3 Å². The third-order valence-electron chi connectivity index (χ3n) is 5.93. The minimum Gasteiger partial charge on any atom is -0.322 e. The van der Waals surface area contributed by atoms with E-state index in [0.717, 1.165) is 21.2 Å². The highest BCUT2D eigenvalue weighted by molar-refractivity contribution is 9.10. The van der Waals surface area contributed by atoms with E-state index in [1.165, 1.54) is 35.6 Å². The van der Waals surface area contributed by atoms with Gasteiger partial charge in [-0.05, 0) is 67.4 Å². The number of amides is 1. The Hall–Kier alpha value is -3.62. The van der Waals surface area contributed by atoms with Crippen molar-refractivity contribution in [2.45, 2.75) is 19.9 Å². The van der Waals surface area contributed by atoms with E-state index in [1.807, 2.05) is 61.5 Å². The number of fused-ring (bicyclic) bond motifs is 1. The van der Waals surface area contributed by atoms with Gasteiger partial charge in [0, 0.05) is 10.2 Å². The number of nitrogens with zero attached hydrogens (tertiary/aromatic N) is 2. The molecule has 1 N–H and O–H groups in total. The second kappa shape index (κ2) is 9.79. The highest BCUT2D eigenvalue weighted by Crippen LogP contribution is 2.31. The molecule has 36 heavy (non-hydrogen) atoms. The number of halogens is 2. The first-order valence-corrected chi connectivity index (χ1v) is 12.8. The molecule has 0 spiro atoms. The summed E-state index contributed by atoms with van der Waals surface area (Å²) in [5.41, 5.74) is 3.94. The van der Waals surface area contributed by atoms with E-state index in [9.17, 15) is 14.0 Å². The maximum absolute atomic E-state index is 13.7. The number of anilines is 1. The van der Waals surface area contributed by atoms with E-state index >= 15 is 0 Å². The predicted octanol–water partition coefficient (Wildman–Crippen LogP) is 5.08. The van der Waals surface area contributed by atoms with Gasteiger partial charge in [-0.25, -0.2) is 9.38 Å². The number of aromatic nitrogens is 1. The van der Waals surface area contributed by atoms with Gasteiger partial charge in [-0.15, -0.1) is 0 Å². The molecule has 1 amide bonds. The van der Waals surface area contributed by atoms with Crippen molar-refractivity contribution in [1.29, 1.82) is 0 Å². The third kappa shape index (κ3) is 4.74. The van der Waals surface area contributed by atoms with Crippen molar-refractivity contribution in [3.05, 3.63) is 131 Å². The number of benzene rings is 3. The molecule has 5 rings (SSSR count). The first-order valence-electron chi connectivity index (χ1n) is 11.2. The number of rotatable bonds is 4. The van der Waals surface area contributed by atoms with Crippen LogP contribution in [-0.2, 0) is 4.79 Å². The van der Waals surface area contributed by atoms with Gasteiger partial charge in [-0.2, -0.15) is 0 Å². The molecule has 1 unspecified atom stereocenters. The third-order valence-corrected chi connectivity index (χ3v) is 7.44. The van der Waals surface area contributed by atoms with Gasteiger partial charge in [0.15, 0.2) is 4.80 Å². The minimum absolute atomic E-state index is 0.216. The molecule has 5 nitrogen and oxygen atoms in total. The average molecular weight is 562 g/mol. The van der Waals surface area contributed by atoms with Crippen molar-refractivity contribution in [2.75, 3.05) is 5.32 Å². The summed E-state index contributed by atoms with van der Waals surface area (Å²) in [5.74, 6) is -0.792. The number of carbonyl (C=O) groups is 1. The van der Waals surface area contributed by atoms with Crippen LogP contribution in [-0.4, -0.2) is 10.5 Å². The molecule has 0 radical (unpaired) electrons. The summed E-state index contributed by atoms with van der Waals surface area (Å²) in [6.45, 7) is 3.78. The number of carbonyl (C=O) groups excluding carboxylic acids is 1. The fraction of sp³-hybridized carbons (Fsp3) is 0.107. The van der Waals surface area contributed by atoms with Crippen LogP contribution in [0.25, 0.3) is 6.08 Å². The number of aryl methyl sites for hydroxylation is 1. The van der Waals surface area contributed by atoms with Gasteiger partial charge in [0.1, 0.15) is 5.82 Å². The molecule has 0 fully saturated rings. The lowest BCUT2D eigenvalue weighted by Gasteiger charge is -2.25. The maximum atomic E-state index is 13.7. The number of thiazole rings is 1. The van der Waals surface area contributed by atoms with Crippen LogP contribution in [0.4, 0.5) is 10.1 Å². The Labute approximate surface area is 219 Å². The molecular weight excluding hydrogens is 541 g/mol. The molecule has 8 heteroatoms. The number of hydrogen-bond donors (Lipinski definition) is 1. The van der Waals surface area contributed by atoms with Crippen molar-refractivity contribution in [3.8, 4) is 0 Å². The van der Waals surface area contributed by atoms with Crippen molar-refractivity contribution in [2.24, 2.45) is 4.99 Å². The summed E-state index contributed by atoms with van der Waals surface area (Å²) >= 11 is 4.75. The van der Waals surface area contributed by atoms with Crippen molar-refractivity contribution >= 4 is 44.9 Å². The van der Waals surface area contributed by atoms with Gasteiger partial charge in [-0.1, -0.05) is 69.2 Å². The monoisotopic (exact) mass is 561 g/mol. The standard InChI is InChI=1S/C28H21BrFN3O2S/c1-16-3-5-18(6-4-16)15-23-27(35)33-25(19-7-9-20(29)10-8-19)24(17(2)31-28(33)36-23)26(34)32-22-13-11-21(30)12-14-22/h3-15,25H,1-2H3,(H,32,34)/b23-15+. The molecular formula is C28H21BrFN3O2S. The Kier molecular flexibility index (Phi) is 6.55. The second-order valence-corrected chi connectivity index (χ2v) is 10.4. The fourth-order valence-corrected chi connectivity index (χ4v) is 5.43. The van der Waals surface area contributed by atoms with Crippen LogP contribution < -0.4 is 20.2 Å². The molecule has 1 aliphatic rings. The summed E-state index contributed by atoms with van der Waals surface area (Å²) in [6.07, 6.45) is 1.85. The molecule has 1 aromatic heterocycles. The van der Waals surface area contributed by atoms with Crippen LogP contribution in [0.15, 0.2) is 98.3 Å². The van der Waals surface area contributed by atoms with Crippen LogP contribution in [0.3, 0.4) is 0 Å². The Bertz CT molecular complexity index is 1670. The zero-order valence-corrected chi connectivity index (χ0v) is 21.9. The zero-order chi connectivity index (χ0) is 25.4. The van der Waals surface area contributed by atoms with Crippen molar-refractivity contribution < 1.29 is 9.18 Å². The molecule has 4 aromatic rings. The molecule has 3 aromatic carbocycles. The fourth-order valence-electron chi connectivity index (χ4n) is 4.12. The quantitative estimate of drug-likeness (QED) is 0.377. The largest absolute Gasteiger partial charge is 0.322 e. The Morgan fingerprint density at radius 2 is 1.69 bits per heavy atom. The SMILES string of the molecule is CC1=C(C(=O)Nc2ccc(F)cc2)C(c2ccc(Br)cc2)n2c(s/c(=C/c3ccc(C)cc3)c2=O)=N1. The lowest BCUT2D eigenvalue weighted by molar-refractivity contribution is -0.113. The van der Waals surface area contributed by atoms with Crippen LogP contribution in [0.2, 0.25) is 0 Å². The van der Waals surface area contributed by atoms with E-state index in [4.69, 9.17) is 0 Å². The minimum atomic E-state index is -0.671. The zero-order valence-electron chi connectivity index (χ0n) is 19.5. The van der Waals surface area contributed by atoms with Crippen LogP contribution in [0, 0.1) is 12.7 Å². The summed E-state index contributed by atoms with van der Waals surface area (Å²) in [5, 5.41) is 2.83. The lowest BCUT2D eigenvalue weighted by Crippen LogP contribution is -2.40. The molecule has 2 heterocycles. The van der Waals surface area contributed by atoms with Crippen molar-refractivity contribution in [3.63, 3.8) is 0 Å². The topological polar surface area (TPSA) is 63.5 Å². The molecule has 0 saturated carbocycles. The van der Waals surface area contributed by atoms with Gasteiger partial charge in [0.05, 0.1) is 21.8 Å². The Balaban J connectivity index is 1.65. The highest BCUT2D eigenvalue weighted by atomic mass is 79.9. The van der Waals surface area contributed by atoms with Crippen LogP contribution in [0.1, 0.15) is 29.7 Å². The summed E-state index contributed by atoms with van der Waals surface area (Å²) in [6, 6.07) is 20.3. The Morgan fingerprint density at radius 1 is 1.03 bits per heavy atom. The van der Waals surface area contributed by atoms with E-state index in [-0.39, 0.29) is 5.56 Å². The maximum Gasteiger partial charge on any atom is 0.271 e. The number of nitrogens with one attached hydrogen (secondary N) is 1. The smallest absolute Gasteiger partial charge is 0.271 e. The number of hydrogen-bond acceptors (Lipinski definition) is 4. The van der Waals surface area contributed by atoms with E-state index in [0.29, 0.717) is 26.3 Å². The summed E-state index contributed by atoms with van der Waals surface area (Å²) in [4.78, 5) is 32.4. The second-order valence-electron chi connectivity index (χ2n) is 8.51. The lowest BCUT2D eigenvalue weighted by atomic mass is 9.95. The van der Waals surface area contributed by atoms with Gasteiger partial charge in [0.2, 0.25) is 0 Å². The molecule has 0 saturated heterocycles. The first kappa shape index (κ1) is 24.1. The Morgan fingerprint density at radius 3 is 2.36 bits per heavy atom. The van der Waals surface area contributed by atoms with Crippen molar-refractivity contribution in [1.82, 2.24) is 4.57 Å². The average Bonchev–Trinajstić information content (AvgIpc) is 3.16. The van der Waals surface area contributed by atoms with Crippen LogP contribution in [0.5, 0.6) is 0 Å². The molecule has 0 aliphatic carbocycles. The summed E-state index contributed by atoms with van der Waals surface area (Å²) < 4.78 is 16.4. The summed E-state index contributed by atoms with van der Waals surface area (Å²) in [7, 11) is 0. The van der Waals surface area contributed by atoms with Gasteiger partial charge < -0.3 is 5.32 Å². The van der Waals surface area contributed by atoms with E-state index in [1.54, 1.807) is 11.5 Å². The predicted molar refractivity (Wildman–Crippen MR) is 144 cm³/mol. The highest BCUT2D eigenvalue weighted by Gasteiger charge is 2.32. The molecule has 1 atom stereocenters. The molecule has 1 aliphatic heterocycles. The van der Waals surface area contributed by atoms with E-state index in [2.05, 4.69) is 26.2 Å². The van der Waals surface area contributed by atoms with Gasteiger partial charge >= 0.3 is 0 Å². The van der Waals surface area contributed by atoms with Gasteiger partial charge in [0.25, 0.3) is 11.5 Å². The molecule has 180 valence electrons. The van der Waals surface area contributed by atoms with E-state index < -0.39 is 17.8 Å². The first-order chi connectivity index (χ1) is 17.3. The van der Waals surface area contributed by atoms with Gasteiger partial charge in [-0.3, -0.25) is 14.2 Å². The normalized spacial score (nSPS) is 15.4. The molecule has 0 bridgehead atoms. The number of allylic oxidation sites excluding steroid dienone is 1.